The number of aliphatic hydroxyl groups is 1. The van der Waals surface area contributed by atoms with Gasteiger partial charge in [0.15, 0.2) is 5.82 Å². The molecule has 0 spiro atoms. The van der Waals surface area contributed by atoms with E-state index in [2.05, 4.69) is 15.1 Å². The van der Waals surface area contributed by atoms with Crippen molar-refractivity contribution in [1.82, 2.24) is 15.1 Å². The van der Waals surface area contributed by atoms with Gasteiger partial charge < -0.3 is 14.9 Å². The third-order valence-electron chi connectivity index (χ3n) is 3.11. The Morgan fingerprint density at radius 3 is 2.44 bits per heavy atom. The second-order valence-corrected chi connectivity index (χ2v) is 5.25. The number of carbonyl (C=O) groups is 1. The Hall–Kier alpha value is -1.56. The summed E-state index contributed by atoms with van der Waals surface area (Å²) >= 11 is 0. The smallest absolute Gasteiger partial charge is 0.254 e. The van der Waals surface area contributed by atoms with Gasteiger partial charge in [-0.15, -0.1) is 0 Å². The number of anilines is 1. The number of amides is 1. The maximum Gasteiger partial charge on any atom is 0.254 e. The van der Waals surface area contributed by atoms with Crippen molar-refractivity contribution in [3.8, 4) is 0 Å². The van der Waals surface area contributed by atoms with Gasteiger partial charge in [-0.1, -0.05) is 0 Å². The Bertz CT molecular complexity index is 428. The second kappa shape index (κ2) is 4.61. The Morgan fingerprint density at radius 2 is 2.00 bits per heavy atom. The molecule has 1 aliphatic rings. The first-order valence-electron chi connectivity index (χ1n) is 6.16. The van der Waals surface area contributed by atoms with Crippen LogP contribution < -0.4 is 4.90 Å². The SMILES string of the molecule is Cc1cc(N2CCN(C(=O)C(C)(C)O)CC2)n[nH]1. The zero-order valence-electron chi connectivity index (χ0n) is 11.1. The normalized spacial score (nSPS) is 17.1. The van der Waals surface area contributed by atoms with E-state index in [0.717, 1.165) is 24.6 Å². The molecule has 2 N–H and O–H groups in total. The molecule has 0 radical (unpaired) electrons. The molecule has 18 heavy (non-hydrogen) atoms. The van der Waals surface area contributed by atoms with Crippen molar-refractivity contribution in [3.05, 3.63) is 11.8 Å². The largest absolute Gasteiger partial charge is 0.381 e. The fourth-order valence-corrected chi connectivity index (χ4v) is 2.09. The highest BCUT2D eigenvalue weighted by Crippen LogP contribution is 2.16. The molecule has 6 nitrogen and oxygen atoms in total. The van der Waals surface area contributed by atoms with Gasteiger partial charge >= 0.3 is 0 Å². The number of aromatic nitrogens is 2. The minimum atomic E-state index is -1.29. The van der Waals surface area contributed by atoms with Crippen molar-refractivity contribution in [2.24, 2.45) is 0 Å². The van der Waals surface area contributed by atoms with Crippen molar-refractivity contribution in [2.75, 3.05) is 31.1 Å². The van der Waals surface area contributed by atoms with E-state index in [4.69, 9.17) is 0 Å². The van der Waals surface area contributed by atoms with Gasteiger partial charge in [-0.2, -0.15) is 5.10 Å². The maximum absolute atomic E-state index is 11.9. The van der Waals surface area contributed by atoms with Crippen LogP contribution in [-0.2, 0) is 4.79 Å². The van der Waals surface area contributed by atoms with Crippen molar-refractivity contribution >= 4 is 11.7 Å². The van der Waals surface area contributed by atoms with Gasteiger partial charge in [0, 0.05) is 37.9 Å². The minimum absolute atomic E-state index is 0.208. The van der Waals surface area contributed by atoms with Gasteiger partial charge in [0.05, 0.1) is 0 Å². The fraction of sp³-hybridized carbons (Fsp3) is 0.667. The monoisotopic (exact) mass is 252 g/mol. The van der Waals surface area contributed by atoms with Gasteiger partial charge in [0.25, 0.3) is 5.91 Å². The second-order valence-electron chi connectivity index (χ2n) is 5.25. The number of nitrogens with one attached hydrogen (secondary N) is 1. The molecule has 2 rings (SSSR count). The molecule has 0 bridgehead atoms. The van der Waals surface area contributed by atoms with Crippen LogP contribution >= 0.6 is 0 Å². The van der Waals surface area contributed by atoms with E-state index >= 15 is 0 Å². The Kier molecular flexibility index (Phi) is 3.30. The highest BCUT2D eigenvalue weighted by molar-refractivity contribution is 5.84. The van der Waals surface area contributed by atoms with Crippen LogP contribution in [0.1, 0.15) is 19.5 Å². The minimum Gasteiger partial charge on any atom is -0.381 e. The summed E-state index contributed by atoms with van der Waals surface area (Å²) in [5.74, 6) is 0.711. The molecule has 0 aliphatic carbocycles. The highest BCUT2D eigenvalue weighted by atomic mass is 16.3. The van der Waals surface area contributed by atoms with Crippen LogP contribution in [0.2, 0.25) is 0 Å². The quantitative estimate of drug-likeness (QED) is 0.785. The average molecular weight is 252 g/mol. The van der Waals surface area contributed by atoms with Crippen LogP contribution in [0.25, 0.3) is 0 Å². The molecular formula is C12H20N4O2. The Morgan fingerprint density at radius 1 is 1.39 bits per heavy atom. The van der Waals surface area contributed by atoms with Crippen LogP contribution in [0.15, 0.2) is 6.07 Å². The Balaban J connectivity index is 1.94. The molecule has 0 atom stereocenters. The molecule has 0 unspecified atom stereocenters. The molecule has 0 aromatic carbocycles. The van der Waals surface area contributed by atoms with Gasteiger partial charge in [-0.3, -0.25) is 9.89 Å². The van der Waals surface area contributed by atoms with Gasteiger partial charge in [0.1, 0.15) is 5.60 Å². The zero-order valence-corrected chi connectivity index (χ0v) is 11.1. The number of H-pyrrole nitrogens is 1. The molecule has 1 fully saturated rings. The van der Waals surface area contributed by atoms with Crippen LogP contribution in [0, 0.1) is 6.92 Å². The lowest BCUT2D eigenvalue weighted by Gasteiger charge is -2.37. The lowest BCUT2D eigenvalue weighted by Crippen LogP contribution is -2.54. The summed E-state index contributed by atoms with van der Waals surface area (Å²) in [6, 6.07) is 1.99. The van der Waals surface area contributed by atoms with E-state index in [0.29, 0.717) is 13.1 Å². The van der Waals surface area contributed by atoms with E-state index in [1.165, 1.54) is 13.8 Å². The lowest BCUT2D eigenvalue weighted by molar-refractivity contribution is -0.148. The van der Waals surface area contributed by atoms with Crippen LogP contribution in [0.5, 0.6) is 0 Å². The number of aryl methyl sites for hydroxylation is 1. The predicted octanol–water partition coefficient (Wildman–Crippen LogP) is 0.138. The summed E-state index contributed by atoms with van der Waals surface area (Å²) in [5.41, 5.74) is -0.259. The van der Waals surface area contributed by atoms with Gasteiger partial charge in [-0.05, 0) is 20.8 Å². The summed E-state index contributed by atoms with van der Waals surface area (Å²) in [6.07, 6.45) is 0. The summed E-state index contributed by atoms with van der Waals surface area (Å²) in [6.45, 7) is 7.74. The van der Waals surface area contributed by atoms with Gasteiger partial charge in [-0.25, -0.2) is 0 Å². The molecular weight excluding hydrogens is 232 g/mol. The molecule has 2 heterocycles. The molecule has 1 aromatic rings. The first kappa shape index (κ1) is 12.9. The highest BCUT2D eigenvalue weighted by Gasteiger charge is 2.31. The van der Waals surface area contributed by atoms with E-state index < -0.39 is 5.60 Å². The molecule has 1 amide bonds. The third-order valence-corrected chi connectivity index (χ3v) is 3.11. The lowest BCUT2D eigenvalue weighted by atomic mass is 10.1. The number of hydrogen-bond acceptors (Lipinski definition) is 4. The summed E-state index contributed by atoms with van der Waals surface area (Å²) in [5, 5.41) is 16.8. The number of hydrogen-bond donors (Lipinski definition) is 2. The summed E-state index contributed by atoms with van der Waals surface area (Å²) in [4.78, 5) is 15.7. The van der Waals surface area contributed by atoms with Crippen LogP contribution in [-0.4, -0.2) is 57.9 Å². The fourth-order valence-electron chi connectivity index (χ4n) is 2.09. The predicted molar refractivity (Wildman–Crippen MR) is 68.4 cm³/mol. The summed E-state index contributed by atoms with van der Waals surface area (Å²) < 4.78 is 0. The van der Waals surface area contributed by atoms with E-state index in [1.807, 2.05) is 13.0 Å². The molecule has 1 aliphatic heterocycles. The topological polar surface area (TPSA) is 72.5 Å². The van der Waals surface area contributed by atoms with Crippen molar-refractivity contribution in [2.45, 2.75) is 26.4 Å². The first-order chi connectivity index (χ1) is 8.38. The number of rotatable bonds is 2. The van der Waals surface area contributed by atoms with E-state index in [9.17, 15) is 9.90 Å². The van der Waals surface area contributed by atoms with E-state index in [1.54, 1.807) is 4.90 Å². The molecule has 1 aromatic heterocycles. The molecule has 100 valence electrons. The van der Waals surface area contributed by atoms with Crippen LogP contribution in [0.3, 0.4) is 0 Å². The van der Waals surface area contributed by atoms with Gasteiger partial charge in [0.2, 0.25) is 0 Å². The number of nitrogens with zero attached hydrogens (tertiary/aromatic N) is 3. The van der Waals surface area contributed by atoms with Crippen molar-refractivity contribution in [1.29, 1.82) is 0 Å². The van der Waals surface area contributed by atoms with Crippen molar-refractivity contribution in [3.63, 3.8) is 0 Å². The first-order valence-corrected chi connectivity index (χ1v) is 6.16. The molecule has 0 saturated carbocycles. The average Bonchev–Trinajstić information content (AvgIpc) is 2.74. The van der Waals surface area contributed by atoms with Crippen LogP contribution in [0.4, 0.5) is 5.82 Å². The van der Waals surface area contributed by atoms with Crippen molar-refractivity contribution < 1.29 is 9.90 Å². The van der Waals surface area contributed by atoms with E-state index in [-0.39, 0.29) is 5.91 Å². The third kappa shape index (κ3) is 2.64. The maximum atomic E-state index is 11.9. The number of carbonyl (C=O) groups excluding carboxylic acids is 1. The zero-order chi connectivity index (χ0) is 13.3. The standard InChI is InChI=1S/C12H20N4O2/c1-9-8-10(14-13-9)15-4-6-16(7-5-15)11(17)12(2,3)18/h8,18H,4-7H2,1-3H3,(H,13,14). The Labute approximate surface area is 107 Å². The number of piperazine rings is 1. The molecule has 1 saturated heterocycles. The molecule has 6 heteroatoms. The number of aromatic amines is 1. The summed E-state index contributed by atoms with van der Waals surface area (Å²) in [7, 11) is 0.